The zero-order valence-corrected chi connectivity index (χ0v) is 11.4. The van der Waals surface area contributed by atoms with Gasteiger partial charge in [-0.05, 0) is 30.3 Å². The van der Waals surface area contributed by atoms with Gasteiger partial charge in [-0.2, -0.15) is 13.2 Å². The van der Waals surface area contributed by atoms with Crippen LogP contribution in [-0.4, -0.2) is 18.1 Å². The van der Waals surface area contributed by atoms with Crippen molar-refractivity contribution < 1.29 is 22.7 Å². The number of hydrogen-bond acceptors (Lipinski definition) is 5. The first-order valence-corrected chi connectivity index (χ1v) is 6.10. The van der Waals surface area contributed by atoms with E-state index < -0.39 is 17.7 Å². The smallest absolute Gasteiger partial charge is 0.416 e. The molecule has 0 spiro atoms. The van der Waals surface area contributed by atoms with Crippen LogP contribution in [0.3, 0.4) is 0 Å². The van der Waals surface area contributed by atoms with Crippen LogP contribution in [0.15, 0.2) is 36.4 Å². The molecule has 0 bridgehead atoms. The highest BCUT2D eigenvalue weighted by Crippen LogP contribution is 2.31. The van der Waals surface area contributed by atoms with Crippen LogP contribution in [0.5, 0.6) is 0 Å². The van der Waals surface area contributed by atoms with Gasteiger partial charge in [0.15, 0.2) is 11.5 Å². The number of nitrogens with zero attached hydrogens (tertiary/aromatic N) is 1. The molecule has 0 saturated carbocycles. The SMILES string of the molecule is COC(=O)c1ccc(N)c(Nc2cccc(C(F)(F)F)c2)n1. The van der Waals surface area contributed by atoms with Crippen LogP contribution < -0.4 is 11.1 Å². The normalized spacial score (nSPS) is 11.1. The number of rotatable bonds is 3. The number of halogens is 3. The van der Waals surface area contributed by atoms with E-state index in [-0.39, 0.29) is 22.9 Å². The minimum Gasteiger partial charge on any atom is -0.464 e. The van der Waals surface area contributed by atoms with Gasteiger partial charge in [0.1, 0.15) is 0 Å². The van der Waals surface area contributed by atoms with Gasteiger partial charge in [0.25, 0.3) is 0 Å². The zero-order chi connectivity index (χ0) is 16.3. The third kappa shape index (κ3) is 3.46. The zero-order valence-electron chi connectivity index (χ0n) is 11.4. The number of aromatic nitrogens is 1. The molecule has 5 nitrogen and oxygen atoms in total. The lowest BCUT2D eigenvalue weighted by molar-refractivity contribution is -0.137. The number of nitrogen functional groups attached to an aromatic ring is 1. The van der Waals surface area contributed by atoms with Gasteiger partial charge in [-0.25, -0.2) is 9.78 Å². The number of nitrogens with two attached hydrogens (primary N) is 1. The van der Waals surface area contributed by atoms with E-state index in [0.29, 0.717) is 0 Å². The van der Waals surface area contributed by atoms with Crippen LogP contribution >= 0.6 is 0 Å². The van der Waals surface area contributed by atoms with Gasteiger partial charge < -0.3 is 15.8 Å². The molecule has 1 aromatic carbocycles. The fourth-order valence-corrected chi connectivity index (χ4v) is 1.70. The maximum atomic E-state index is 12.7. The molecule has 1 heterocycles. The third-order valence-corrected chi connectivity index (χ3v) is 2.77. The van der Waals surface area contributed by atoms with E-state index in [4.69, 9.17) is 5.73 Å². The van der Waals surface area contributed by atoms with Gasteiger partial charge in [-0.15, -0.1) is 0 Å². The first-order chi connectivity index (χ1) is 10.3. The lowest BCUT2D eigenvalue weighted by Crippen LogP contribution is -2.09. The number of methoxy groups -OCH3 is 1. The minimum atomic E-state index is -4.45. The van der Waals surface area contributed by atoms with E-state index in [9.17, 15) is 18.0 Å². The van der Waals surface area contributed by atoms with Gasteiger partial charge in [-0.1, -0.05) is 6.07 Å². The van der Waals surface area contributed by atoms with E-state index in [1.54, 1.807) is 0 Å². The molecular weight excluding hydrogens is 299 g/mol. The van der Waals surface area contributed by atoms with Gasteiger partial charge in [0, 0.05) is 5.69 Å². The molecule has 0 aliphatic rings. The summed E-state index contributed by atoms with van der Waals surface area (Å²) in [5.74, 6) is -0.602. The molecule has 2 aromatic rings. The molecule has 0 saturated heterocycles. The molecule has 116 valence electrons. The van der Waals surface area contributed by atoms with E-state index in [2.05, 4.69) is 15.0 Å². The highest BCUT2D eigenvalue weighted by atomic mass is 19.4. The standard InChI is InChI=1S/C14H12F3N3O2/c1-22-13(21)11-6-5-10(18)12(20-11)19-9-4-2-3-8(7-9)14(15,16)17/h2-7H,18H2,1H3,(H,19,20). The van der Waals surface area contributed by atoms with Crippen molar-refractivity contribution in [3.05, 3.63) is 47.7 Å². The average molecular weight is 311 g/mol. The highest BCUT2D eigenvalue weighted by molar-refractivity contribution is 5.88. The molecular formula is C14H12F3N3O2. The van der Waals surface area contributed by atoms with Crippen LogP contribution in [0.2, 0.25) is 0 Å². The molecule has 8 heteroatoms. The van der Waals surface area contributed by atoms with Crippen molar-refractivity contribution in [2.75, 3.05) is 18.2 Å². The summed E-state index contributed by atoms with van der Waals surface area (Å²) in [6.45, 7) is 0. The highest BCUT2D eigenvalue weighted by Gasteiger charge is 2.30. The molecule has 0 amide bonds. The largest absolute Gasteiger partial charge is 0.464 e. The van der Waals surface area contributed by atoms with Crippen molar-refractivity contribution in [1.29, 1.82) is 0 Å². The number of alkyl halides is 3. The average Bonchev–Trinajstić information content (AvgIpc) is 2.48. The maximum Gasteiger partial charge on any atom is 0.416 e. The monoisotopic (exact) mass is 311 g/mol. The summed E-state index contributed by atoms with van der Waals surface area (Å²) >= 11 is 0. The lowest BCUT2D eigenvalue weighted by atomic mass is 10.2. The molecule has 2 rings (SSSR count). The third-order valence-electron chi connectivity index (χ3n) is 2.77. The number of pyridine rings is 1. The van der Waals surface area contributed by atoms with E-state index in [1.165, 1.54) is 31.4 Å². The second kappa shape index (κ2) is 5.92. The number of nitrogens with one attached hydrogen (secondary N) is 1. The molecule has 0 unspecified atom stereocenters. The molecule has 0 aliphatic heterocycles. The molecule has 0 radical (unpaired) electrons. The number of carbonyl (C=O) groups excluding carboxylic acids is 1. The Labute approximate surface area is 123 Å². The Hall–Kier alpha value is -2.77. The molecule has 0 atom stereocenters. The number of benzene rings is 1. The Morgan fingerprint density at radius 2 is 2.00 bits per heavy atom. The van der Waals surface area contributed by atoms with Crippen LogP contribution in [0, 0.1) is 0 Å². The van der Waals surface area contributed by atoms with E-state index in [1.807, 2.05) is 0 Å². The van der Waals surface area contributed by atoms with Gasteiger partial charge in [-0.3, -0.25) is 0 Å². The van der Waals surface area contributed by atoms with Gasteiger partial charge >= 0.3 is 12.1 Å². The predicted octanol–water partition coefficient (Wildman–Crippen LogP) is 3.21. The summed E-state index contributed by atoms with van der Waals surface area (Å²) in [4.78, 5) is 15.4. The Balaban J connectivity index is 2.33. The fourth-order valence-electron chi connectivity index (χ4n) is 1.70. The fraction of sp³-hybridized carbons (Fsp3) is 0.143. The second-order valence-electron chi connectivity index (χ2n) is 4.33. The number of esters is 1. The Bertz CT molecular complexity index is 702. The van der Waals surface area contributed by atoms with Gasteiger partial charge in [0.05, 0.1) is 18.4 Å². The van der Waals surface area contributed by atoms with Crippen molar-refractivity contribution in [2.45, 2.75) is 6.18 Å². The molecule has 0 fully saturated rings. The minimum absolute atomic E-state index is 0.00817. The summed E-state index contributed by atoms with van der Waals surface area (Å²) in [6, 6.07) is 7.33. The first kappa shape index (κ1) is 15.6. The van der Waals surface area contributed by atoms with Crippen molar-refractivity contribution in [2.24, 2.45) is 0 Å². The van der Waals surface area contributed by atoms with Crippen molar-refractivity contribution in [3.63, 3.8) is 0 Å². The van der Waals surface area contributed by atoms with Crippen LogP contribution in [0.4, 0.5) is 30.4 Å². The number of ether oxygens (including phenoxy) is 1. The molecule has 0 aliphatic carbocycles. The quantitative estimate of drug-likeness (QED) is 0.851. The summed E-state index contributed by atoms with van der Waals surface area (Å²) in [5, 5.41) is 2.66. The maximum absolute atomic E-state index is 12.7. The Morgan fingerprint density at radius 1 is 1.27 bits per heavy atom. The summed E-state index contributed by atoms with van der Waals surface area (Å²) < 4.78 is 42.5. The Morgan fingerprint density at radius 3 is 2.64 bits per heavy atom. The molecule has 22 heavy (non-hydrogen) atoms. The summed E-state index contributed by atoms with van der Waals surface area (Å²) in [7, 11) is 1.19. The lowest BCUT2D eigenvalue weighted by Gasteiger charge is -2.12. The molecule has 1 aromatic heterocycles. The number of hydrogen-bond donors (Lipinski definition) is 2. The summed E-state index contributed by atoms with van der Waals surface area (Å²) in [6.07, 6.45) is -4.45. The first-order valence-electron chi connectivity index (χ1n) is 6.10. The topological polar surface area (TPSA) is 77.2 Å². The summed E-state index contributed by atoms with van der Waals surface area (Å²) in [5.41, 5.74) is 5.22. The van der Waals surface area contributed by atoms with Gasteiger partial charge in [0.2, 0.25) is 0 Å². The van der Waals surface area contributed by atoms with Crippen LogP contribution in [0.25, 0.3) is 0 Å². The molecule has 3 N–H and O–H groups in total. The predicted molar refractivity (Wildman–Crippen MR) is 74.7 cm³/mol. The van der Waals surface area contributed by atoms with E-state index >= 15 is 0 Å². The van der Waals surface area contributed by atoms with Crippen LogP contribution in [-0.2, 0) is 10.9 Å². The van der Waals surface area contributed by atoms with Crippen molar-refractivity contribution in [1.82, 2.24) is 4.98 Å². The Kier molecular flexibility index (Phi) is 4.20. The van der Waals surface area contributed by atoms with Crippen molar-refractivity contribution >= 4 is 23.2 Å². The number of anilines is 3. The van der Waals surface area contributed by atoms with Crippen LogP contribution in [0.1, 0.15) is 16.1 Å². The van der Waals surface area contributed by atoms with E-state index in [0.717, 1.165) is 12.1 Å². The number of carbonyl (C=O) groups is 1. The van der Waals surface area contributed by atoms with Crippen molar-refractivity contribution in [3.8, 4) is 0 Å². The second-order valence-corrected chi connectivity index (χ2v) is 4.33.